The summed E-state index contributed by atoms with van der Waals surface area (Å²) in [6.45, 7) is 3.65. The summed E-state index contributed by atoms with van der Waals surface area (Å²) in [5, 5.41) is 0. The third-order valence-electron chi connectivity index (χ3n) is 3.42. The number of nitrogens with two attached hydrogens (primary N) is 1. The summed E-state index contributed by atoms with van der Waals surface area (Å²) in [5.41, 5.74) is 5.87. The van der Waals surface area contributed by atoms with Crippen molar-refractivity contribution in [3.05, 3.63) is 28.7 Å². The topological polar surface area (TPSA) is 38.5 Å². The first-order valence-corrected chi connectivity index (χ1v) is 7.41. The monoisotopic (exact) mass is 312 g/mol. The molecule has 4 heteroatoms. The molecular formula is C14H21BrN2O. The van der Waals surface area contributed by atoms with Crippen LogP contribution in [0.15, 0.2) is 28.7 Å². The van der Waals surface area contributed by atoms with Crippen LogP contribution in [0.4, 0.5) is 0 Å². The van der Waals surface area contributed by atoms with Crippen molar-refractivity contribution in [3.63, 3.8) is 0 Å². The fourth-order valence-corrected chi connectivity index (χ4v) is 2.73. The van der Waals surface area contributed by atoms with Gasteiger partial charge in [0.25, 0.3) is 0 Å². The first kappa shape index (κ1) is 13.8. The van der Waals surface area contributed by atoms with E-state index >= 15 is 0 Å². The Bertz CT molecular complexity index is 367. The van der Waals surface area contributed by atoms with E-state index in [0.717, 1.165) is 23.3 Å². The quantitative estimate of drug-likeness (QED) is 0.908. The first-order chi connectivity index (χ1) is 8.79. The minimum atomic E-state index is 0.337. The molecule has 1 atom stereocenters. The van der Waals surface area contributed by atoms with Crippen molar-refractivity contribution in [3.8, 4) is 5.75 Å². The molecule has 18 heavy (non-hydrogen) atoms. The average Bonchev–Trinajstić information content (AvgIpc) is 2.41. The zero-order valence-corrected chi connectivity index (χ0v) is 12.2. The SMILES string of the molecule is NCC(COc1cccc(Br)c1)N1CCCCC1. The second kappa shape index (κ2) is 7.12. The van der Waals surface area contributed by atoms with Gasteiger partial charge in [0, 0.05) is 11.0 Å². The van der Waals surface area contributed by atoms with Crippen molar-refractivity contribution in [1.82, 2.24) is 4.90 Å². The number of rotatable bonds is 5. The van der Waals surface area contributed by atoms with Crippen LogP contribution in [-0.4, -0.2) is 37.2 Å². The Morgan fingerprint density at radius 1 is 1.28 bits per heavy atom. The lowest BCUT2D eigenvalue weighted by atomic mass is 10.1. The summed E-state index contributed by atoms with van der Waals surface area (Å²) in [7, 11) is 0. The molecule has 1 heterocycles. The van der Waals surface area contributed by atoms with Gasteiger partial charge in [-0.3, -0.25) is 4.90 Å². The van der Waals surface area contributed by atoms with E-state index in [2.05, 4.69) is 20.8 Å². The maximum Gasteiger partial charge on any atom is 0.120 e. The van der Waals surface area contributed by atoms with Gasteiger partial charge in [-0.05, 0) is 44.1 Å². The molecule has 3 nitrogen and oxygen atoms in total. The molecule has 0 amide bonds. The highest BCUT2D eigenvalue weighted by Gasteiger charge is 2.19. The molecule has 0 bridgehead atoms. The summed E-state index contributed by atoms with van der Waals surface area (Å²) < 4.78 is 6.89. The highest BCUT2D eigenvalue weighted by atomic mass is 79.9. The van der Waals surface area contributed by atoms with Crippen molar-refractivity contribution in [2.45, 2.75) is 25.3 Å². The number of ether oxygens (including phenoxy) is 1. The van der Waals surface area contributed by atoms with Crippen LogP contribution in [0.25, 0.3) is 0 Å². The van der Waals surface area contributed by atoms with Crippen LogP contribution in [-0.2, 0) is 0 Å². The fraction of sp³-hybridized carbons (Fsp3) is 0.571. The maximum atomic E-state index is 5.87. The second-order valence-electron chi connectivity index (χ2n) is 4.75. The zero-order chi connectivity index (χ0) is 12.8. The molecule has 0 spiro atoms. The predicted octanol–water partition coefficient (Wildman–Crippen LogP) is 2.64. The molecule has 0 radical (unpaired) electrons. The number of hydrogen-bond donors (Lipinski definition) is 1. The first-order valence-electron chi connectivity index (χ1n) is 6.62. The molecule has 1 aliphatic heterocycles. The van der Waals surface area contributed by atoms with E-state index < -0.39 is 0 Å². The molecular weight excluding hydrogens is 292 g/mol. The van der Waals surface area contributed by atoms with Gasteiger partial charge in [0.15, 0.2) is 0 Å². The molecule has 2 N–H and O–H groups in total. The molecule has 1 saturated heterocycles. The number of nitrogens with zero attached hydrogens (tertiary/aromatic N) is 1. The number of likely N-dealkylation sites (tertiary alicyclic amines) is 1. The highest BCUT2D eigenvalue weighted by molar-refractivity contribution is 9.10. The average molecular weight is 313 g/mol. The molecule has 1 aliphatic rings. The Morgan fingerprint density at radius 3 is 2.72 bits per heavy atom. The second-order valence-corrected chi connectivity index (χ2v) is 5.67. The summed E-state index contributed by atoms with van der Waals surface area (Å²) >= 11 is 3.45. The Hall–Kier alpha value is -0.580. The van der Waals surface area contributed by atoms with E-state index in [1.807, 2.05) is 24.3 Å². The van der Waals surface area contributed by atoms with Gasteiger partial charge in [0.05, 0.1) is 6.04 Å². The lowest BCUT2D eigenvalue weighted by molar-refractivity contribution is 0.118. The molecule has 0 saturated carbocycles. The predicted molar refractivity (Wildman–Crippen MR) is 77.9 cm³/mol. The largest absolute Gasteiger partial charge is 0.492 e. The van der Waals surface area contributed by atoms with Gasteiger partial charge in [-0.15, -0.1) is 0 Å². The van der Waals surface area contributed by atoms with Gasteiger partial charge in [-0.1, -0.05) is 28.4 Å². The third kappa shape index (κ3) is 3.97. The lowest BCUT2D eigenvalue weighted by Crippen LogP contribution is -2.46. The van der Waals surface area contributed by atoms with Crippen molar-refractivity contribution in [2.75, 3.05) is 26.2 Å². The number of piperidine rings is 1. The minimum Gasteiger partial charge on any atom is -0.492 e. The summed E-state index contributed by atoms with van der Waals surface area (Å²) in [6, 6.07) is 8.29. The Labute approximate surface area is 117 Å². The zero-order valence-electron chi connectivity index (χ0n) is 10.6. The minimum absolute atomic E-state index is 0.337. The Morgan fingerprint density at radius 2 is 2.06 bits per heavy atom. The van der Waals surface area contributed by atoms with E-state index in [4.69, 9.17) is 10.5 Å². The van der Waals surface area contributed by atoms with Crippen LogP contribution in [0.2, 0.25) is 0 Å². The van der Waals surface area contributed by atoms with E-state index in [1.54, 1.807) is 0 Å². The fourth-order valence-electron chi connectivity index (χ4n) is 2.36. The van der Waals surface area contributed by atoms with Crippen molar-refractivity contribution in [1.29, 1.82) is 0 Å². The molecule has 1 aromatic rings. The van der Waals surface area contributed by atoms with Crippen LogP contribution < -0.4 is 10.5 Å². The molecule has 0 aromatic heterocycles. The van der Waals surface area contributed by atoms with Crippen molar-refractivity contribution in [2.24, 2.45) is 5.73 Å². The smallest absolute Gasteiger partial charge is 0.120 e. The standard InChI is InChI=1S/C14H21BrN2O/c15-12-5-4-6-14(9-12)18-11-13(10-16)17-7-2-1-3-8-17/h4-6,9,13H,1-3,7-8,10-11,16H2. The maximum absolute atomic E-state index is 5.87. The normalized spacial score (nSPS) is 18.6. The molecule has 0 aliphatic carbocycles. The number of halogens is 1. The molecule has 2 rings (SSSR count). The molecule has 100 valence electrons. The van der Waals surface area contributed by atoms with Gasteiger partial charge >= 0.3 is 0 Å². The van der Waals surface area contributed by atoms with Crippen LogP contribution in [0, 0.1) is 0 Å². The van der Waals surface area contributed by atoms with Gasteiger partial charge in [0.2, 0.25) is 0 Å². The van der Waals surface area contributed by atoms with Gasteiger partial charge in [-0.2, -0.15) is 0 Å². The number of hydrogen-bond acceptors (Lipinski definition) is 3. The molecule has 1 aromatic carbocycles. The van der Waals surface area contributed by atoms with E-state index in [0.29, 0.717) is 19.2 Å². The van der Waals surface area contributed by atoms with Gasteiger partial charge < -0.3 is 10.5 Å². The summed E-state index contributed by atoms with van der Waals surface area (Å²) in [5.74, 6) is 0.903. The van der Waals surface area contributed by atoms with E-state index in [1.165, 1.54) is 19.3 Å². The molecule has 1 fully saturated rings. The summed E-state index contributed by atoms with van der Waals surface area (Å²) in [6.07, 6.45) is 3.92. The Kier molecular flexibility index (Phi) is 5.47. The summed E-state index contributed by atoms with van der Waals surface area (Å²) in [4.78, 5) is 2.46. The van der Waals surface area contributed by atoms with Crippen LogP contribution in [0.5, 0.6) is 5.75 Å². The van der Waals surface area contributed by atoms with Crippen LogP contribution >= 0.6 is 15.9 Å². The number of benzene rings is 1. The Balaban J connectivity index is 1.86. The van der Waals surface area contributed by atoms with Gasteiger partial charge in [0.1, 0.15) is 12.4 Å². The van der Waals surface area contributed by atoms with E-state index in [-0.39, 0.29) is 0 Å². The van der Waals surface area contributed by atoms with E-state index in [9.17, 15) is 0 Å². The van der Waals surface area contributed by atoms with Crippen molar-refractivity contribution >= 4 is 15.9 Å². The van der Waals surface area contributed by atoms with Crippen molar-refractivity contribution < 1.29 is 4.74 Å². The lowest BCUT2D eigenvalue weighted by Gasteiger charge is -2.33. The highest BCUT2D eigenvalue weighted by Crippen LogP contribution is 2.19. The van der Waals surface area contributed by atoms with Gasteiger partial charge in [-0.25, -0.2) is 0 Å². The van der Waals surface area contributed by atoms with Crippen LogP contribution in [0.1, 0.15) is 19.3 Å². The third-order valence-corrected chi connectivity index (χ3v) is 3.91. The van der Waals surface area contributed by atoms with Crippen LogP contribution in [0.3, 0.4) is 0 Å². The molecule has 1 unspecified atom stereocenters.